The van der Waals surface area contributed by atoms with Crippen LogP contribution in [0.3, 0.4) is 0 Å². The van der Waals surface area contributed by atoms with Crippen molar-refractivity contribution in [1.29, 1.82) is 0 Å². The number of hydrogen-bond acceptors (Lipinski definition) is 3. The van der Waals surface area contributed by atoms with Gasteiger partial charge in [0.25, 0.3) is 0 Å². The van der Waals surface area contributed by atoms with Gasteiger partial charge in [0.15, 0.2) is 0 Å². The third-order valence-electron chi connectivity index (χ3n) is 3.22. The molecule has 3 nitrogen and oxygen atoms in total. The van der Waals surface area contributed by atoms with E-state index in [4.69, 9.17) is 0 Å². The summed E-state index contributed by atoms with van der Waals surface area (Å²) in [5.41, 5.74) is 0. The molecule has 2 heterocycles. The van der Waals surface area contributed by atoms with Gasteiger partial charge in [-0.1, -0.05) is 0 Å². The summed E-state index contributed by atoms with van der Waals surface area (Å²) < 4.78 is 0. The normalized spacial score (nSPS) is 33.5. The van der Waals surface area contributed by atoms with Gasteiger partial charge in [-0.2, -0.15) is 0 Å². The molecule has 2 fully saturated rings. The van der Waals surface area contributed by atoms with Crippen LogP contribution in [0.5, 0.6) is 0 Å². The molecule has 0 radical (unpaired) electrons. The average Bonchev–Trinajstić information content (AvgIpc) is 2.20. The van der Waals surface area contributed by atoms with E-state index in [9.17, 15) is 5.11 Å². The summed E-state index contributed by atoms with van der Waals surface area (Å²) in [5.74, 6) is 0. The summed E-state index contributed by atoms with van der Waals surface area (Å²) in [5, 5.41) is 12.9. The molecule has 2 aliphatic rings. The molecule has 0 aliphatic carbocycles. The second kappa shape index (κ2) is 4.40. The third-order valence-corrected chi connectivity index (χ3v) is 3.22. The van der Waals surface area contributed by atoms with Crippen LogP contribution in [0.2, 0.25) is 0 Å². The van der Waals surface area contributed by atoms with Gasteiger partial charge < -0.3 is 10.4 Å². The quantitative estimate of drug-likeness (QED) is 0.624. The van der Waals surface area contributed by atoms with E-state index < -0.39 is 0 Å². The van der Waals surface area contributed by atoms with Crippen molar-refractivity contribution in [2.75, 3.05) is 19.6 Å². The van der Waals surface area contributed by atoms with Crippen molar-refractivity contribution in [3.05, 3.63) is 0 Å². The predicted molar refractivity (Wildman–Crippen MR) is 52.5 cm³/mol. The number of piperidine rings is 2. The Morgan fingerprint density at radius 3 is 2.46 bits per heavy atom. The Balaban J connectivity index is 1.79. The highest BCUT2D eigenvalue weighted by Crippen LogP contribution is 2.17. The smallest absolute Gasteiger partial charge is 0.0597 e. The van der Waals surface area contributed by atoms with Crippen LogP contribution in [0.15, 0.2) is 0 Å². The highest BCUT2D eigenvalue weighted by Gasteiger charge is 2.24. The van der Waals surface area contributed by atoms with Crippen molar-refractivity contribution in [2.24, 2.45) is 0 Å². The number of nitrogens with zero attached hydrogens (tertiary/aromatic N) is 1. The maximum atomic E-state index is 9.38. The van der Waals surface area contributed by atoms with Gasteiger partial charge in [0.1, 0.15) is 0 Å². The molecule has 0 aromatic carbocycles. The van der Waals surface area contributed by atoms with E-state index in [1.165, 1.54) is 25.8 Å². The van der Waals surface area contributed by atoms with Crippen LogP contribution in [0.1, 0.15) is 32.1 Å². The van der Waals surface area contributed by atoms with Crippen LogP contribution in [-0.2, 0) is 0 Å². The molecule has 3 heteroatoms. The van der Waals surface area contributed by atoms with Crippen molar-refractivity contribution in [2.45, 2.75) is 44.4 Å². The first-order valence-electron chi connectivity index (χ1n) is 5.52. The summed E-state index contributed by atoms with van der Waals surface area (Å²) in [6.45, 7) is 3.31. The minimum atomic E-state index is -0.0418. The molecule has 2 rings (SSSR count). The zero-order chi connectivity index (χ0) is 9.10. The Kier molecular flexibility index (Phi) is 3.19. The Morgan fingerprint density at radius 1 is 1.08 bits per heavy atom. The largest absolute Gasteiger partial charge is 0.393 e. The van der Waals surface area contributed by atoms with E-state index in [0.717, 1.165) is 25.9 Å². The molecular weight excluding hydrogens is 164 g/mol. The van der Waals surface area contributed by atoms with Crippen molar-refractivity contribution in [3.8, 4) is 0 Å². The van der Waals surface area contributed by atoms with Crippen molar-refractivity contribution in [3.63, 3.8) is 0 Å². The van der Waals surface area contributed by atoms with Gasteiger partial charge in [0.05, 0.1) is 12.3 Å². The first-order valence-corrected chi connectivity index (χ1v) is 5.52. The van der Waals surface area contributed by atoms with E-state index in [-0.39, 0.29) is 6.10 Å². The lowest BCUT2D eigenvalue weighted by molar-refractivity contribution is 0.0433. The van der Waals surface area contributed by atoms with Gasteiger partial charge >= 0.3 is 0 Å². The number of aliphatic hydroxyl groups is 1. The van der Waals surface area contributed by atoms with Gasteiger partial charge in [0, 0.05) is 13.1 Å². The van der Waals surface area contributed by atoms with E-state index in [2.05, 4.69) is 10.2 Å². The molecule has 0 bridgehead atoms. The molecule has 76 valence electrons. The number of rotatable bonds is 1. The molecule has 2 saturated heterocycles. The molecule has 0 saturated carbocycles. The predicted octanol–water partition coefficient (Wildman–Crippen LogP) is 0.543. The molecular formula is C10H20N2O. The second-order valence-electron chi connectivity index (χ2n) is 4.23. The molecule has 2 aliphatic heterocycles. The lowest BCUT2D eigenvalue weighted by Crippen LogP contribution is -2.51. The third kappa shape index (κ3) is 2.42. The van der Waals surface area contributed by atoms with Crippen LogP contribution in [0, 0.1) is 0 Å². The molecule has 2 N–H and O–H groups in total. The molecule has 1 atom stereocenters. The highest BCUT2D eigenvalue weighted by molar-refractivity contribution is 4.78. The lowest BCUT2D eigenvalue weighted by atomic mass is 10.0. The van der Waals surface area contributed by atoms with Gasteiger partial charge in [-0.05, 0) is 38.6 Å². The number of hydrogen-bond donors (Lipinski definition) is 2. The maximum Gasteiger partial charge on any atom is 0.0597 e. The topological polar surface area (TPSA) is 35.5 Å². The average molecular weight is 184 g/mol. The molecule has 0 aromatic heterocycles. The number of nitrogens with one attached hydrogen (secondary N) is 1. The van der Waals surface area contributed by atoms with Crippen molar-refractivity contribution in [1.82, 2.24) is 10.2 Å². The molecule has 0 spiro atoms. The van der Waals surface area contributed by atoms with Gasteiger partial charge in [0.2, 0.25) is 0 Å². The molecule has 0 amide bonds. The minimum absolute atomic E-state index is 0.0418. The number of likely N-dealkylation sites (tertiary alicyclic amines) is 1. The summed E-state index contributed by atoms with van der Waals surface area (Å²) >= 11 is 0. The van der Waals surface area contributed by atoms with Crippen molar-refractivity contribution >= 4 is 0 Å². The minimum Gasteiger partial charge on any atom is -0.393 e. The fraction of sp³-hybridized carbons (Fsp3) is 1.00. The van der Waals surface area contributed by atoms with Crippen molar-refractivity contribution < 1.29 is 5.11 Å². The van der Waals surface area contributed by atoms with Gasteiger partial charge in [-0.25, -0.2) is 0 Å². The zero-order valence-corrected chi connectivity index (χ0v) is 8.21. The van der Waals surface area contributed by atoms with Gasteiger partial charge in [-0.15, -0.1) is 0 Å². The Bertz CT molecular complexity index is 149. The van der Waals surface area contributed by atoms with E-state index in [1.807, 2.05) is 0 Å². The Morgan fingerprint density at radius 2 is 1.85 bits per heavy atom. The number of aliphatic hydroxyl groups excluding tert-OH is 1. The lowest BCUT2D eigenvalue weighted by Gasteiger charge is -2.38. The Hall–Kier alpha value is -0.120. The standard InChI is InChI=1S/C10H20N2O/c13-9-4-7-12(8-5-9)10-3-1-2-6-11-10/h9-11,13H,1-8H2. The SMILES string of the molecule is OC1CCN(C2CCCCN2)CC1. The fourth-order valence-electron chi connectivity index (χ4n) is 2.34. The summed E-state index contributed by atoms with van der Waals surface area (Å²) in [7, 11) is 0. The first kappa shape index (κ1) is 9.44. The van der Waals surface area contributed by atoms with Crippen LogP contribution in [-0.4, -0.2) is 41.9 Å². The molecule has 1 unspecified atom stereocenters. The van der Waals surface area contributed by atoms with Crippen LogP contribution in [0.25, 0.3) is 0 Å². The first-order chi connectivity index (χ1) is 6.36. The van der Waals surface area contributed by atoms with E-state index >= 15 is 0 Å². The van der Waals surface area contributed by atoms with E-state index in [0.29, 0.717) is 6.17 Å². The van der Waals surface area contributed by atoms with Gasteiger partial charge in [-0.3, -0.25) is 4.90 Å². The van der Waals surface area contributed by atoms with Crippen LogP contribution < -0.4 is 5.32 Å². The zero-order valence-electron chi connectivity index (χ0n) is 8.21. The van der Waals surface area contributed by atoms with Crippen LogP contribution >= 0.6 is 0 Å². The molecule has 13 heavy (non-hydrogen) atoms. The summed E-state index contributed by atoms with van der Waals surface area (Å²) in [4.78, 5) is 2.49. The summed E-state index contributed by atoms with van der Waals surface area (Å²) in [6.07, 6.45) is 6.44. The highest BCUT2D eigenvalue weighted by atomic mass is 16.3. The molecule has 0 aromatic rings. The summed E-state index contributed by atoms with van der Waals surface area (Å²) in [6, 6.07) is 0. The van der Waals surface area contributed by atoms with Crippen LogP contribution in [0.4, 0.5) is 0 Å². The second-order valence-corrected chi connectivity index (χ2v) is 4.23. The monoisotopic (exact) mass is 184 g/mol. The maximum absolute atomic E-state index is 9.38. The fourth-order valence-corrected chi connectivity index (χ4v) is 2.34. The van der Waals surface area contributed by atoms with E-state index in [1.54, 1.807) is 0 Å². The Labute approximate surface area is 80.1 Å².